The van der Waals surface area contributed by atoms with Crippen molar-refractivity contribution >= 4 is 16.3 Å². The molecule has 0 aromatic carbocycles. The van der Waals surface area contributed by atoms with Crippen LogP contribution in [0, 0.1) is 0 Å². The number of hydrogen-bond acceptors (Lipinski definition) is 6. The van der Waals surface area contributed by atoms with Gasteiger partial charge in [-0.15, -0.1) is 10.2 Å². The first-order chi connectivity index (χ1) is 11.7. The lowest BCUT2D eigenvalue weighted by molar-refractivity contribution is 0.268. The van der Waals surface area contributed by atoms with Crippen LogP contribution >= 0.6 is 11.3 Å². The van der Waals surface area contributed by atoms with E-state index < -0.39 is 0 Å². The van der Waals surface area contributed by atoms with Gasteiger partial charge in [-0.25, -0.2) is 0 Å². The van der Waals surface area contributed by atoms with Gasteiger partial charge in [0.2, 0.25) is 4.96 Å². The molecule has 0 amide bonds. The third kappa shape index (κ3) is 3.08. The van der Waals surface area contributed by atoms with Crippen molar-refractivity contribution in [3.8, 4) is 10.7 Å². The Morgan fingerprint density at radius 2 is 1.96 bits per heavy atom. The highest BCUT2D eigenvalue weighted by molar-refractivity contribution is 7.19. The minimum atomic E-state index is 0.426. The first-order valence-corrected chi connectivity index (χ1v) is 9.51. The number of nitrogens with zero attached hydrogens (tertiary/aromatic N) is 6. The fraction of sp³-hybridized carbons (Fsp3) is 0.625. The van der Waals surface area contributed by atoms with Crippen molar-refractivity contribution in [1.82, 2.24) is 34.9 Å². The van der Waals surface area contributed by atoms with Gasteiger partial charge in [-0.05, 0) is 37.9 Å². The van der Waals surface area contributed by atoms with Crippen LogP contribution in [0.15, 0.2) is 6.07 Å². The van der Waals surface area contributed by atoms with Crippen LogP contribution < -0.4 is 0 Å². The Morgan fingerprint density at radius 1 is 1.17 bits per heavy atom. The number of fused-ring (bicyclic) bond motifs is 1. The summed E-state index contributed by atoms with van der Waals surface area (Å²) in [5.74, 6) is 1.35. The zero-order valence-electron chi connectivity index (χ0n) is 14.2. The predicted molar refractivity (Wildman–Crippen MR) is 94.1 cm³/mol. The largest absolute Gasteiger partial charge is 0.296 e. The SMILES string of the molecule is CC(C)c1cc(-c2nn3c(CN4CCCCCC4)nnc3s2)n[nH]1. The van der Waals surface area contributed by atoms with E-state index in [0.29, 0.717) is 5.92 Å². The summed E-state index contributed by atoms with van der Waals surface area (Å²) in [4.78, 5) is 3.30. The second-order valence-electron chi connectivity index (χ2n) is 6.77. The molecule has 3 aromatic heterocycles. The zero-order chi connectivity index (χ0) is 16.5. The quantitative estimate of drug-likeness (QED) is 0.786. The van der Waals surface area contributed by atoms with Gasteiger partial charge >= 0.3 is 0 Å². The molecule has 0 unspecified atom stereocenters. The first kappa shape index (κ1) is 15.7. The first-order valence-electron chi connectivity index (χ1n) is 8.70. The van der Waals surface area contributed by atoms with E-state index in [4.69, 9.17) is 5.10 Å². The van der Waals surface area contributed by atoms with Gasteiger partial charge in [0.1, 0.15) is 5.69 Å². The maximum Gasteiger partial charge on any atom is 0.235 e. The van der Waals surface area contributed by atoms with Crippen LogP contribution in [0.3, 0.4) is 0 Å². The minimum absolute atomic E-state index is 0.426. The van der Waals surface area contributed by atoms with Gasteiger partial charge in [0.05, 0.1) is 6.54 Å². The molecule has 0 bridgehead atoms. The van der Waals surface area contributed by atoms with Gasteiger partial charge in [-0.3, -0.25) is 10.00 Å². The van der Waals surface area contributed by atoms with Gasteiger partial charge in [-0.2, -0.15) is 14.7 Å². The summed E-state index contributed by atoms with van der Waals surface area (Å²) in [6, 6.07) is 2.07. The number of hydrogen-bond donors (Lipinski definition) is 1. The molecule has 4 heterocycles. The average molecular weight is 345 g/mol. The summed E-state index contributed by atoms with van der Waals surface area (Å²) in [6.07, 6.45) is 5.22. The lowest BCUT2D eigenvalue weighted by atomic mass is 10.1. The maximum absolute atomic E-state index is 4.71. The van der Waals surface area contributed by atoms with Crippen molar-refractivity contribution in [2.24, 2.45) is 0 Å². The molecule has 0 spiro atoms. The molecular formula is C16H23N7S. The predicted octanol–water partition coefficient (Wildman–Crippen LogP) is 3.08. The van der Waals surface area contributed by atoms with Crippen molar-refractivity contribution in [2.75, 3.05) is 13.1 Å². The van der Waals surface area contributed by atoms with Crippen molar-refractivity contribution in [3.63, 3.8) is 0 Å². The van der Waals surface area contributed by atoms with Crippen LogP contribution in [0.4, 0.5) is 0 Å². The lowest BCUT2D eigenvalue weighted by Gasteiger charge is -2.17. The minimum Gasteiger partial charge on any atom is -0.296 e. The molecule has 1 saturated heterocycles. The summed E-state index contributed by atoms with van der Waals surface area (Å²) in [5.41, 5.74) is 2.01. The van der Waals surface area contributed by atoms with Gasteiger partial charge in [-0.1, -0.05) is 38.0 Å². The number of aromatic amines is 1. The maximum atomic E-state index is 4.71. The van der Waals surface area contributed by atoms with Crippen LogP contribution in [0.25, 0.3) is 15.7 Å². The van der Waals surface area contributed by atoms with E-state index in [1.807, 2.05) is 4.52 Å². The van der Waals surface area contributed by atoms with E-state index >= 15 is 0 Å². The highest BCUT2D eigenvalue weighted by Gasteiger charge is 2.18. The third-order valence-corrected chi connectivity index (χ3v) is 5.48. The smallest absolute Gasteiger partial charge is 0.235 e. The van der Waals surface area contributed by atoms with Gasteiger partial charge in [0, 0.05) is 5.69 Å². The molecule has 1 aliphatic rings. The van der Waals surface area contributed by atoms with Crippen molar-refractivity contribution < 1.29 is 0 Å². The Kier molecular flexibility index (Phi) is 4.32. The van der Waals surface area contributed by atoms with Gasteiger partial charge in [0.25, 0.3) is 0 Å². The van der Waals surface area contributed by atoms with E-state index in [9.17, 15) is 0 Å². The second kappa shape index (κ2) is 6.60. The summed E-state index contributed by atoms with van der Waals surface area (Å²) < 4.78 is 1.88. The van der Waals surface area contributed by atoms with E-state index in [1.165, 1.54) is 37.0 Å². The molecule has 1 fully saturated rings. The average Bonchev–Trinajstić information content (AvgIpc) is 3.21. The topological polar surface area (TPSA) is 75.0 Å². The molecule has 8 heteroatoms. The number of likely N-dealkylation sites (tertiary alicyclic amines) is 1. The highest BCUT2D eigenvalue weighted by Crippen LogP contribution is 2.26. The van der Waals surface area contributed by atoms with Crippen LogP contribution in [-0.2, 0) is 6.54 Å². The van der Waals surface area contributed by atoms with Crippen molar-refractivity contribution in [1.29, 1.82) is 0 Å². The summed E-state index contributed by atoms with van der Waals surface area (Å²) in [6.45, 7) is 7.40. The van der Waals surface area contributed by atoms with E-state index in [1.54, 1.807) is 0 Å². The number of H-pyrrole nitrogens is 1. The Morgan fingerprint density at radius 3 is 2.67 bits per heavy atom. The van der Waals surface area contributed by atoms with Crippen molar-refractivity contribution in [3.05, 3.63) is 17.6 Å². The fourth-order valence-corrected chi connectivity index (χ4v) is 3.91. The second-order valence-corrected chi connectivity index (χ2v) is 7.73. The summed E-state index contributed by atoms with van der Waals surface area (Å²) >= 11 is 1.54. The van der Waals surface area contributed by atoms with E-state index in [2.05, 4.69) is 45.2 Å². The van der Waals surface area contributed by atoms with Crippen molar-refractivity contribution in [2.45, 2.75) is 52.0 Å². The molecule has 3 aromatic rings. The number of aromatic nitrogens is 6. The molecule has 1 N–H and O–H groups in total. The molecule has 24 heavy (non-hydrogen) atoms. The molecule has 0 saturated carbocycles. The molecule has 7 nitrogen and oxygen atoms in total. The standard InChI is InChI=1S/C16H23N7S/c1-11(2)12-9-13(18-17-12)15-21-23-14(19-20-16(23)24-15)10-22-7-5-3-4-6-8-22/h9,11H,3-8,10H2,1-2H3,(H,17,18). The number of nitrogens with one attached hydrogen (secondary N) is 1. The summed E-state index contributed by atoms with van der Waals surface area (Å²) in [5, 5.41) is 21.7. The number of rotatable bonds is 4. The molecule has 0 radical (unpaired) electrons. The molecule has 0 aliphatic carbocycles. The van der Waals surface area contributed by atoms with Crippen LogP contribution in [0.2, 0.25) is 0 Å². The normalized spacial score (nSPS) is 17.0. The highest BCUT2D eigenvalue weighted by atomic mass is 32.1. The Bertz CT molecular complexity index is 807. The molecular weight excluding hydrogens is 322 g/mol. The zero-order valence-corrected chi connectivity index (χ0v) is 15.0. The van der Waals surface area contributed by atoms with Crippen LogP contribution in [-0.4, -0.2) is 48.0 Å². The molecule has 4 rings (SSSR count). The van der Waals surface area contributed by atoms with Crippen LogP contribution in [0.1, 0.15) is 57.0 Å². The van der Waals surface area contributed by atoms with Crippen LogP contribution in [0.5, 0.6) is 0 Å². The van der Waals surface area contributed by atoms with Gasteiger partial charge in [0.15, 0.2) is 10.8 Å². The van der Waals surface area contributed by atoms with E-state index in [-0.39, 0.29) is 0 Å². The molecule has 1 aliphatic heterocycles. The summed E-state index contributed by atoms with van der Waals surface area (Å²) in [7, 11) is 0. The molecule has 0 atom stereocenters. The Labute approximate surface area is 145 Å². The fourth-order valence-electron chi connectivity index (χ4n) is 3.10. The Balaban J connectivity index is 1.58. The Hall–Kier alpha value is -1.80. The lowest BCUT2D eigenvalue weighted by Crippen LogP contribution is -2.25. The third-order valence-electron chi connectivity index (χ3n) is 4.56. The van der Waals surface area contributed by atoms with E-state index in [0.717, 1.165) is 46.8 Å². The molecule has 128 valence electrons. The van der Waals surface area contributed by atoms with Gasteiger partial charge < -0.3 is 0 Å². The monoisotopic (exact) mass is 345 g/mol.